The Labute approximate surface area is 52.6 Å². The van der Waals surface area contributed by atoms with Crippen molar-refractivity contribution in [2.24, 2.45) is 17.8 Å². The molecule has 1 aliphatic heterocycles. The van der Waals surface area contributed by atoms with Gasteiger partial charge in [0.05, 0.1) is 19.1 Å². The molecule has 3 nitrogen and oxygen atoms in total. The van der Waals surface area contributed by atoms with Gasteiger partial charge in [-0.05, 0) is 0 Å². The van der Waals surface area contributed by atoms with Crippen LogP contribution in [-0.2, 0) is 9.53 Å². The van der Waals surface area contributed by atoms with Gasteiger partial charge in [-0.1, -0.05) is 0 Å². The Hall–Kier alpha value is -0.570. The first kappa shape index (κ1) is 5.23. The maximum atomic E-state index is 10.3. The van der Waals surface area contributed by atoms with Crippen LogP contribution in [0, 0.1) is 17.8 Å². The molecular weight excluding hydrogens is 120 g/mol. The number of carboxylic acids is 1. The predicted octanol–water partition coefficient (Wildman–Crippen LogP) is -0.0366. The minimum atomic E-state index is -0.645. The van der Waals surface area contributed by atoms with E-state index in [4.69, 9.17) is 9.84 Å². The first-order valence-electron chi connectivity index (χ1n) is 3.11. The zero-order chi connectivity index (χ0) is 6.43. The number of aliphatic carboxylic acids is 1. The van der Waals surface area contributed by atoms with Crippen molar-refractivity contribution in [2.45, 2.75) is 0 Å². The Balaban J connectivity index is 2.02. The third-order valence-corrected chi connectivity index (χ3v) is 2.24. The molecule has 3 heteroatoms. The van der Waals surface area contributed by atoms with Crippen molar-refractivity contribution in [2.75, 3.05) is 13.2 Å². The molecule has 9 heavy (non-hydrogen) atoms. The second-order valence-electron chi connectivity index (χ2n) is 2.73. The third kappa shape index (κ3) is 0.580. The molecule has 0 aromatic heterocycles. The number of ether oxygens (including phenoxy) is 1. The van der Waals surface area contributed by atoms with Crippen molar-refractivity contribution in [3.63, 3.8) is 0 Å². The lowest BCUT2D eigenvalue weighted by molar-refractivity contribution is -0.140. The normalized spacial score (nSPS) is 46.4. The zero-order valence-electron chi connectivity index (χ0n) is 4.91. The lowest BCUT2D eigenvalue weighted by atomic mass is 10.3. The summed E-state index contributed by atoms with van der Waals surface area (Å²) in [5.41, 5.74) is 0. The van der Waals surface area contributed by atoms with Crippen LogP contribution >= 0.6 is 0 Å². The van der Waals surface area contributed by atoms with E-state index in [-0.39, 0.29) is 5.92 Å². The first-order valence-corrected chi connectivity index (χ1v) is 3.11. The fourth-order valence-electron chi connectivity index (χ4n) is 1.61. The highest BCUT2D eigenvalue weighted by atomic mass is 16.5. The molecule has 2 atom stereocenters. The zero-order valence-corrected chi connectivity index (χ0v) is 4.91. The molecule has 1 heterocycles. The van der Waals surface area contributed by atoms with Gasteiger partial charge in [-0.3, -0.25) is 4.79 Å². The number of rotatable bonds is 1. The van der Waals surface area contributed by atoms with Gasteiger partial charge in [-0.25, -0.2) is 0 Å². The van der Waals surface area contributed by atoms with E-state index in [1.807, 2.05) is 0 Å². The maximum absolute atomic E-state index is 10.3. The van der Waals surface area contributed by atoms with Gasteiger partial charge in [0.2, 0.25) is 0 Å². The van der Waals surface area contributed by atoms with Gasteiger partial charge < -0.3 is 9.84 Å². The number of hydrogen-bond acceptors (Lipinski definition) is 2. The average Bonchev–Trinajstić information content (AvgIpc) is 2.30. The third-order valence-electron chi connectivity index (χ3n) is 2.24. The van der Waals surface area contributed by atoms with Crippen molar-refractivity contribution in [1.29, 1.82) is 0 Å². The molecule has 0 unspecified atom stereocenters. The molecule has 2 rings (SSSR count). The summed E-state index contributed by atoms with van der Waals surface area (Å²) < 4.78 is 5.02. The molecule has 1 saturated carbocycles. The fourth-order valence-corrected chi connectivity index (χ4v) is 1.61. The minimum Gasteiger partial charge on any atom is -0.481 e. The van der Waals surface area contributed by atoms with Crippen LogP contribution in [0.2, 0.25) is 0 Å². The molecule has 1 N–H and O–H groups in total. The Morgan fingerprint density at radius 3 is 2.33 bits per heavy atom. The Kier molecular flexibility index (Phi) is 0.858. The summed E-state index contributed by atoms with van der Waals surface area (Å²) in [5.74, 6) is -0.0166. The molecule has 2 fully saturated rings. The maximum Gasteiger partial charge on any atom is 0.307 e. The largest absolute Gasteiger partial charge is 0.481 e. The van der Waals surface area contributed by atoms with Crippen LogP contribution < -0.4 is 0 Å². The number of carbonyl (C=O) groups is 1. The Bertz CT molecular complexity index is 144. The molecule has 0 spiro atoms. The number of carboxylic acid groups (broad SMARTS) is 1. The van der Waals surface area contributed by atoms with Crippen molar-refractivity contribution in [3.05, 3.63) is 0 Å². The van der Waals surface area contributed by atoms with E-state index in [1.54, 1.807) is 0 Å². The highest BCUT2D eigenvalue weighted by Gasteiger charge is 2.58. The van der Waals surface area contributed by atoms with Crippen LogP contribution in [0.5, 0.6) is 0 Å². The van der Waals surface area contributed by atoms with Crippen molar-refractivity contribution in [3.8, 4) is 0 Å². The average molecular weight is 128 g/mol. The van der Waals surface area contributed by atoms with Crippen LogP contribution in [0.4, 0.5) is 0 Å². The highest BCUT2D eigenvalue weighted by molar-refractivity contribution is 5.74. The van der Waals surface area contributed by atoms with Gasteiger partial charge in [0, 0.05) is 11.8 Å². The van der Waals surface area contributed by atoms with E-state index in [2.05, 4.69) is 0 Å². The Morgan fingerprint density at radius 1 is 1.44 bits per heavy atom. The topological polar surface area (TPSA) is 46.5 Å². The molecule has 50 valence electrons. The lowest BCUT2D eigenvalue weighted by Gasteiger charge is -1.96. The van der Waals surface area contributed by atoms with Crippen molar-refractivity contribution < 1.29 is 14.6 Å². The fraction of sp³-hybridized carbons (Fsp3) is 0.833. The smallest absolute Gasteiger partial charge is 0.307 e. The monoisotopic (exact) mass is 128 g/mol. The molecule has 0 bridgehead atoms. The van der Waals surface area contributed by atoms with Crippen LogP contribution in [0.3, 0.4) is 0 Å². The van der Waals surface area contributed by atoms with Crippen LogP contribution in [0.1, 0.15) is 0 Å². The molecule has 0 radical (unpaired) electrons. The van der Waals surface area contributed by atoms with E-state index >= 15 is 0 Å². The van der Waals surface area contributed by atoms with Gasteiger partial charge in [-0.2, -0.15) is 0 Å². The highest BCUT2D eigenvalue weighted by Crippen LogP contribution is 2.50. The van der Waals surface area contributed by atoms with Gasteiger partial charge in [0.25, 0.3) is 0 Å². The van der Waals surface area contributed by atoms with Crippen LogP contribution in [0.15, 0.2) is 0 Å². The molecule has 1 saturated heterocycles. The summed E-state index contributed by atoms with van der Waals surface area (Å²) in [7, 11) is 0. The van der Waals surface area contributed by atoms with Gasteiger partial charge in [0.1, 0.15) is 0 Å². The summed E-state index contributed by atoms with van der Waals surface area (Å²) in [4.78, 5) is 10.3. The quantitative estimate of drug-likeness (QED) is 0.539. The number of fused-ring (bicyclic) bond motifs is 1. The summed E-state index contributed by atoms with van der Waals surface area (Å²) in [5, 5.41) is 8.50. The first-order chi connectivity index (χ1) is 4.30. The standard InChI is InChI=1S/C6H8O3/c7-6(8)5-3-1-9-2-4(3)5/h3-5H,1-2H2,(H,7,8)/t3-,4-/m1/s1. The lowest BCUT2D eigenvalue weighted by Crippen LogP contribution is -2.07. The molecule has 0 aromatic carbocycles. The summed E-state index contributed by atoms with van der Waals surface area (Å²) in [6.07, 6.45) is 0. The second kappa shape index (κ2) is 1.48. The summed E-state index contributed by atoms with van der Waals surface area (Å²) in [6.45, 7) is 1.34. The molecule has 2 aliphatic rings. The van der Waals surface area contributed by atoms with E-state index in [1.165, 1.54) is 0 Å². The Morgan fingerprint density at radius 2 is 2.00 bits per heavy atom. The molecular formula is C6H8O3. The van der Waals surface area contributed by atoms with E-state index < -0.39 is 5.97 Å². The molecule has 0 amide bonds. The van der Waals surface area contributed by atoms with Crippen LogP contribution in [-0.4, -0.2) is 24.3 Å². The summed E-state index contributed by atoms with van der Waals surface area (Å²) in [6, 6.07) is 0. The van der Waals surface area contributed by atoms with Gasteiger partial charge in [-0.15, -0.1) is 0 Å². The van der Waals surface area contributed by atoms with E-state index in [0.717, 1.165) is 0 Å². The van der Waals surface area contributed by atoms with Gasteiger partial charge in [0.15, 0.2) is 0 Å². The van der Waals surface area contributed by atoms with E-state index in [0.29, 0.717) is 25.0 Å². The predicted molar refractivity (Wildman–Crippen MR) is 28.9 cm³/mol. The molecule has 1 aliphatic carbocycles. The minimum absolute atomic E-state index is 0.0706. The van der Waals surface area contributed by atoms with Crippen molar-refractivity contribution in [1.82, 2.24) is 0 Å². The summed E-state index contributed by atoms with van der Waals surface area (Å²) >= 11 is 0. The number of hydrogen-bond donors (Lipinski definition) is 1. The molecule has 0 aromatic rings. The van der Waals surface area contributed by atoms with E-state index in [9.17, 15) is 4.79 Å². The second-order valence-corrected chi connectivity index (χ2v) is 2.73. The van der Waals surface area contributed by atoms with Gasteiger partial charge >= 0.3 is 5.97 Å². The van der Waals surface area contributed by atoms with Crippen molar-refractivity contribution >= 4 is 5.97 Å². The SMILES string of the molecule is O=C(O)C1[C@@H]2COC[C@@H]12. The van der Waals surface area contributed by atoms with Crippen LogP contribution in [0.25, 0.3) is 0 Å².